The number of hydrogen-bond donors (Lipinski definition) is 1. The molecule has 1 heterocycles. The fourth-order valence-corrected chi connectivity index (χ4v) is 3.18. The van der Waals surface area contributed by atoms with Crippen LogP contribution in [0.15, 0.2) is 36.4 Å². The number of nitrogens with zero attached hydrogens (tertiary/aromatic N) is 2. The van der Waals surface area contributed by atoms with Crippen molar-refractivity contribution < 1.29 is 9.72 Å². The Morgan fingerprint density at radius 1 is 1.35 bits per heavy atom. The van der Waals surface area contributed by atoms with E-state index in [0.29, 0.717) is 0 Å². The van der Waals surface area contributed by atoms with E-state index in [-0.39, 0.29) is 29.9 Å². The molecule has 122 valence electrons. The van der Waals surface area contributed by atoms with Crippen LogP contribution in [0.1, 0.15) is 22.7 Å². The Balaban J connectivity index is 2.01. The Kier molecular flexibility index (Phi) is 5.46. The number of aryl methyl sites for hydroxylation is 1. The minimum Gasteiger partial charge on any atom is -0.319 e. The molecule has 1 aromatic heterocycles. The molecule has 0 aliphatic heterocycles. The first-order valence-electron chi connectivity index (χ1n) is 7.18. The molecule has 7 heteroatoms. The smallest absolute Gasteiger partial charge is 0.292 e. The van der Waals surface area contributed by atoms with Crippen LogP contribution in [0.25, 0.3) is 0 Å². The highest BCUT2D eigenvalue weighted by Crippen LogP contribution is 2.27. The van der Waals surface area contributed by atoms with E-state index in [4.69, 9.17) is 0 Å². The Bertz CT molecular complexity index is 714. The second-order valence-electron chi connectivity index (χ2n) is 5.36. The van der Waals surface area contributed by atoms with Gasteiger partial charge in [-0.05, 0) is 39.1 Å². The van der Waals surface area contributed by atoms with Gasteiger partial charge in [0.25, 0.3) is 5.69 Å². The lowest BCUT2D eigenvalue weighted by molar-refractivity contribution is -0.383. The molecule has 0 radical (unpaired) electrons. The molecule has 0 saturated carbocycles. The predicted molar refractivity (Wildman–Crippen MR) is 91.8 cm³/mol. The Labute approximate surface area is 138 Å². The molecule has 1 amide bonds. The molecule has 0 bridgehead atoms. The summed E-state index contributed by atoms with van der Waals surface area (Å²) in [5.74, 6) is -0.276. The molecule has 2 rings (SSSR count). The van der Waals surface area contributed by atoms with Crippen molar-refractivity contribution in [1.29, 1.82) is 0 Å². The zero-order valence-corrected chi connectivity index (χ0v) is 14.1. The van der Waals surface area contributed by atoms with Gasteiger partial charge < -0.3 is 5.32 Å². The number of thiophene rings is 1. The SMILES string of the molecule is Cc1ccc([C@@H](C)N(C)CC(=O)Nc2ccccc2[N+](=O)[O-])s1. The normalized spacial score (nSPS) is 12.2. The first kappa shape index (κ1) is 17.1. The molecule has 6 nitrogen and oxygen atoms in total. The van der Waals surface area contributed by atoms with Gasteiger partial charge in [0, 0.05) is 21.9 Å². The van der Waals surface area contributed by atoms with Crippen LogP contribution in [-0.4, -0.2) is 29.3 Å². The van der Waals surface area contributed by atoms with Crippen molar-refractivity contribution in [1.82, 2.24) is 4.90 Å². The van der Waals surface area contributed by atoms with E-state index in [1.54, 1.807) is 23.5 Å². The minimum atomic E-state index is -0.504. The van der Waals surface area contributed by atoms with Gasteiger partial charge in [-0.25, -0.2) is 0 Å². The van der Waals surface area contributed by atoms with Crippen LogP contribution in [0.2, 0.25) is 0 Å². The van der Waals surface area contributed by atoms with Gasteiger partial charge >= 0.3 is 0 Å². The third kappa shape index (κ3) is 4.37. The quantitative estimate of drug-likeness (QED) is 0.647. The Morgan fingerprint density at radius 3 is 2.65 bits per heavy atom. The number of benzene rings is 1. The van der Waals surface area contributed by atoms with E-state index in [0.717, 1.165) is 0 Å². The molecule has 0 fully saturated rings. The van der Waals surface area contributed by atoms with Crippen LogP contribution in [0.4, 0.5) is 11.4 Å². The highest BCUT2D eigenvalue weighted by atomic mass is 32.1. The number of amides is 1. The standard InChI is InChI=1S/C16H19N3O3S/c1-11-8-9-15(23-11)12(2)18(3)10-16(20)17-13-6-4-5-7-14(13)19(21)22/h4-9,12H,10H2,1-3H3,(H,17,20)/t12-/m1/s1. The molecule has 1 aromatic carbocycles. The average Bonchev–Trinajstić information content (AvgIpc) is 2.93. The van der Waals surface area contributed by atoms with E-state index in [9.17, 15) is 14.9 Å². The first-order valence-corrected chi connectivity index (χ1v) is 8.00. The first-order chi connectivity index (χ1) is 10.9. The van der Waals surface area contributed by atoms with Gasteiger partial charge in [0.15, 0.2) is 0 Å². The van der Waals surface area contributed by atoms with E-state index in [2.05, 4.69) is 17.4 Å². The van der Waals surface area contributed by atoms with Gasteiger partial charge in [-0.15, -0.1) is 11.3 Å². The van der Waals surface area contributed by atoms with Crippen LogP contribution in [0.3, 0.4) is 0 Å². The Hall–Kier alpha value is -2.25. The summed E-state index contributed by atoms with van der Waals surface area (Å²) in [7, 11) is 1.86. The molecule has 0 aliphatic carbocycles. The minimum absolute atomic E-state index is 0.102. The number of carbonyl (C=O) groups is 1. The number of likely N-dealkylation sites (N-methyl/N-ethyl adjacent to an activating group) is 1. The highest BCUT2D eigenvalue weighted by molar-refractivity contribution is 7.12. The van der Waals surface area contributed by atoms with Gasteiger partial charge in [0.1, 0.15) is 5.69 Å². The van der Waals surface area contributed by atoms with Gasteiger partial charge in [0.05, 0.1) is 11.5 Å². The lowest BCUT2D eigenvalue weighted by Crippen LogP contribution is -2.32. The molecular weight excluding hydrogens is 314 g/mol. The number of nitro benzene ring substituents is 1. The molecule has 23 heavy (non-hydrogen) atoms. The average molecular weight is 333 g/mol. The van der Waals surface area contributed by atoms with Crippen molar-refractivity contribution in [3.63, 3.8) is 0 Å². The third-order valence-corrected chi connectivity index (χ3v) is 4.77. The number of rotatable bonds is 6. The molecule has 1 N–H and O–H groups in total. The van der Waals surface area contributed by atoms with E-state index >= 15 is 0 Å². The molecule has 0 spiro atoms. The monoisotopic (exact) mass is 333 g/mol. The number of para-hydroxylation sites is 2. The van der Waals surface area contributed by atoms with E-state index in [1.807, 2.05) is 25.8 Å². The zero-order valence-electron chi connectivity index (χ0n) is 13.3. The van der Waals surface area contributed by atoms with Crippen molar-refractivity contribution in [3.8, 4) is 0 Å². The highest BCUT2D eigenvalue weighted by Gasteiger charge is 2.19. The molecule has 0 saturated heterocycles. The summed E-state index contributed by atoms with van der Waals surface area (Å²) in [5.41, 5.74) is 0.112. The maximum atomic E-state index is 12.2. The fourth-order valence-electron chi connectivity index (χ4n) is 2.19. The summed E-state index contributed by atoms with van der Waals surface area (Å²) >= 11 is 1.70. The summed E-state index contributed by atoms with van der Waals surface area (Å²) in [5, 5.41) is 13.6. The fraction of sp³-hybridized carbons (Fsp3) is 0.312. The second-order valence-corrected chi connectivity index (χ2v) is 6.68. The topological polar surface area (TPSA) is 75.5 Å². The summed E-state index contributed by atoms with van der Waals surface area (Å²) in [6, 6.07) is 10.3. The number of carbonyl (C=O) groups excluding carboxylic acids is 1. The van der Waals surface area contributed by atoms with Crippen LogP contribution < -0.4 is 5.32 Å². The number of nitro groups is 1. The molecular formula is C16H19N3O3S. The summed E-state index contributed by atoms with van der Waals surface area (Å²) in [6.45, 7) is 4.23. The van der Waals surface area contributed by atoms with Gasteiger partial charge in [-0.2, -0.15) is 0 Å². The summed E-state index contributed by atoms with van der Waals surface area (Å²) in [4.78, 5) is 27.0. The zero-order chi connectivity index (χ0) is 17.0. The van der Waals surface area contributed by atoms with Gasteiger partial charge in [0.2, 0.25) is 5.91 Å². The number of anilines is 1. The summed E-state index contributed by atoms with van der Waals surface area (Å²) < 4.78 is 0. The van der Waals surface area contributed by atoms with Crippen molar-refractivity contribution in [3.05, 3.63) is 56.3 Å². The lowest BCUT2D eigenvalue weighted by Gasteiger charge is -2.23. The molecule has 0 aliphatic rings. The maximum Gasteiger partial charge on any atom is 0.292 e. The van der Waals surface area contributed by atoms with E-state index < -0.39 is 4.92 Å². The van der Waals surface area contributed by atoms with Gasteiger partial charge in [-0.3, -0.25) is 19.8 Å². The van der Waals surface area contributed by atoms with Crippen LogP contribution >= 0.6 is 11.3 Å². The van der Waals surface area contributed by atoms with E-state index in [1.165, 1.54) is 21.9 Å². The largest absolute Gasteiger partial charge is 0.319 e. The van der Waals surface area contributed by atoms with Crippen molar-refractivity contribution in [2.75, 3.05) is 18.9 Å². The number of hydrogen-bond acceptors (Lipinski definition) is 5. The van der Waals surface area contributed by atoms with Crippen LogP contribution in [-0.2, 0) is 4.79 Å². The molecule has 2 aromatic rings. The maximum absolute atomic E-state index is 12.2. The molecule has 0 unspecified atom stereocenters. The van der Waals surface area contributed by atoms with Crippen molar-refractivity contribution >= 4 is 28.6 Å². The molecule has 1 atom stereocenters. The number of nitrogens with one attached hydrogen (secondary N) is 1. The third-order valence-electron chi connectivity index (χ3n) is 3.60. The summed E-state index contributed by atoms with van der Waals surface area (Å²) in [6.07, 6.45) is 0. The van der Waals surface area contributed by atoms with Crippen molar-refractivity contribution in [2.24, 2.45) is 0 Å². The Morgan fingerprint density at radius 2 is 2.04 bits per heavy atom. The van der Waals surface area contributed by atoms with Crippen molar-refractivity contribution in [2.45, 2.75) is 19.9 Å². The lowest BCUT2D eigenvalue weighted by atomic mass is 10.2. The van der Waals surface area contributed by atoms with Crippen LogP contribution in [0, 0.1) is 17.0 Å². The van der Waals surface area contributed by atoms with Crippen LogP contribution in [0.5, 0.6) is 0 Å². The van der Waals surface area contributed by atoms with Gasteiger partial charge in [-0.1, -0.05) is 12.1 Å². The second kappa shape index (κ2) is 7.34. The predicted octanol–water partition coefficient (Wildman–Crippen LogP) is 3.60.